The van der Waals surface area contributed by atoms with Gasteiger partial charge in [0.1, 0.15) is 0 Å². The SMILES string of the molecule is CCCCCCCCc1ccc2c(c1)C(CCCCCCCC)(CCCCCCCC)c1cc(N(c3ccccc3)c3ccc([N+](=O)[O-])cc3)ccc1-2. The van der Waals surface area contributed by atoms with Crippen LogP contribution in [0.15, 0.2) is 91.0 Å². The normalized spacial score (nSPS) is 12.8. The van der Waals surface area contributed by atoms with Crippen molar-refractivity contribution in [3.63, 3.8) is 0 Å². The van der Waals surface area contributed by atoms with Gasteiger partial charge in [-0.3, -0.25) is 10.1 Å². The smallest absolute Gasteiger partial charge is 0.269 e. The third-order valence-corrected chi connectivity index (χ3v) is 11.7. The fourth-order valence-corrected chi connectivity index (χ4v) is 8.76. The number of nitro benzene ring substituents is 1. The highest BCUT2D eigenvalue weighted by Crippen LogP contribution is 2.56. The number of fused-ring (bicyclic) bond motifs is 3. The van der Waals surface area contributed by atoms with Gasteiger partial charge in [0.15, 0.2) is 0 Å². The van der Waals surface area contributed by atoms with Crippen molar-refractivity contribution in [1.82, 2.24) is 0 Å². The zero-order chi connectivity index (χ0) is 37.3. The van der Waals surface area contributed by atoms with E-state index in [1.807, 2.05) is 18.2 Å². The molecule has 0 radical (unpaired) electrons. The van der Waals surface area contributed by atoms with Crippen LogP contribution in [0.4, 0.5) is 22.7 Å². The number of unbranched alkanes of at least 4 members (excludes halogenated alkanes) is 15. The molecule has 0 fully saturated rings. The van der Waals surface area contributed by atoms with E-state index in [-0.39, 0.29) is 16.0 Å². The first-order valence-corrected chi connectivity index (χ1v) is 21.4. The van der Waals surface area contributed by atoms with E-state index in [0.29, 0.717) is 0 Å². The minimum absolute atomic E-state index is 0.0227. The van der Waals surface area contributed by atoms with Crippen LogP contribution in [0.2, 0.25) is 0 Å². The first kappa shape index (κ1) is 40.3. The minimum atomic E-state index is -0.317. The number of aryl methyl sites for hydroxylation is 1. The van der Waals surface area contributed by atoms with E-state index in [0.717, 1.165) is 23.5 Å². The van der Waals surface area contributed by atoms with E-state index < -0.39 is 0 Å². The van der Waals surface area contributed by atoms with Gasteiger partial charge in [-0.1, -0.05) is 172 Å². The molecule has 1 aliphatic rings. The molecule has 0 unspecified atom stereocenters. The molecule has 0 spiro atoms. The van der Waals surface area contributed by atoms with E-state index >= 15 is 0 Å². The summed E-state index contributed by atoms with van der Waals surface area (Å²) in [5.41, 5.74) is 10.5. The van der Waals surface area contributed by atoms with Crippen LogP contribution in [-0.2, 0) is 11.8 Å². The number of non-ortho nitro benzene ring substituents is 1. The van der Waals surface area contributed by atoms with Crippen LogP contribution in [0.5, 0.6) is 0 Å². The monoisotopic (exact) mass is 715 g/mol. The van der Waals surface area contributed by atoms with Gasteiger partial charge >= 0.3 is 0 Å². The fraction of sp³-hybridized carbons (Fsp3) is 0.510. The maximum atomic E-state index is 11.6. The molecule has 0 aromatic heterocycles. The Morgan fingerprint density at radius 1 is 0.509 bits per heavy atom. The van der Waals surface area contributed by atoms with Gasteiger partial charge in [-0.15, -0.1) is 0 Å². The number of benzene rings is 4. The Morgan fingerprint density at radius 2 is 0.981 bits per heavy atom. The molecule has 0 aliphatic heterocycles. The third kappa shape index (κ3) is 10.6. The average molecular weight is 715 g/mol. The van der Waals surface area contributed by atoms with Gasteiger partial charge in [0.05, 0.1) is 4.92 Å². The van der Waals surface area contributed by atoms with Crippen molar-refractivity contribution in [2.75, 3.05) is 4.90 Å². The Morgan fingerprint density at radius 3 is 1.55 bits per heavy atom. The molecule has 0 saturated carbocycles. The second-order valence-corrected chi connectivity index (χ2v) is 15.7. The first-order chi connectivity index (χ1) is 26.0. The molecular weight excluding hydrogens is 649 g/mol. The fourth-order valence-electron chi connectivity index (χ4n) is 8.76. The van der Waals surface area contributed by atoms with E-state index in [4.69, 9.17) is 0 Å². The second-order valence-electron chi connectivity index (χ2n) is 15.7. The molecule has 284 valence electrons. The largest absolute Gasteiger partial charge is 0.310 e. The summed E-state index contributed by atoms with van der Waals surface area (Å²) in [6.07, 6.45) is 27.1. The molecule has 5 rings (SSSR count). The Balaban J connectivity index is 1.56. The number of nitro groups is 1. The van der Waals surface area contributed by atoms with E-state index in [1.165, 1.54) is 151 Å². The number of hydrogen-bond donors (Lipinski definition) is 0. The molecule has 0 saturated heterocycles. The van der Waals surface area contributed by atoms with Crippen molar-refractivity contribution in [1.29, 1.82) is 0 Å². The Hall–Kier alpha value is -3.92. The van der Waals surface area contributed by atoms with Crippen LogP contribution >= 0.6 is 0 Å². The summed E-state index contributed by atoms with van der Waals surface area (Å²) in [5.74, 6) is 0. The van der Waals surface area contributed by atoms with Gasteiger partial charge in [0.25, 0.3) is 5.69 Å². The molecule has 4 heteroatoms. The highest BCUT2D eigenvalue weighted by Gasteiger charge is 2.43. The standard InChI is InChI=1S/C49H66N2O2/c1-4-7-10-13-16-20-25-40-28-34-45-46-35-33-44(50(41-26-21-19-22-27-41)42-29-31-43(32-30-42)51(52)53)39-48(46)49(47(45)38-40,36-23-17-14-11-8-5-2)37-24-18-15-12-9-6-3/h19,21-22,26-35,38-39H,4-18,20,23-25,36-37H2,1-3H3. The molecule has 4 aromatic carbocycles. The van der Waals surface area contributed by atoms with Gasteiger partial charge in [0, 0.05) is 34.6 Å². The summed E-state index contributed by atoms with van der Waals surface area (Å²) in [4.78, 5) is 13.5. The summed E-state index contributed by atoms with van der Waals surface area (Å²) < 4.78 is 0. The van der Waals surface area contributed by atoms with Crippen LogP contribution < -0.4 is 4.90 Å². The average Bonchev–Trinajstić information content (AvgIpc) is 3.44. The summed E-state index contributed by atoms with van der Waals surface area (Å²) in [7, 11) is 0. The van der Waals surface area contributed by atoms with Crippen molar-refractivity contribution in [3.8, 4) is 11.1 Å². The quantitative estimate of drug-likeness (QED) is 0.0390. The molecule has 1 aliphatic carbocycles. The second kappa shape index (κ2) is 21.1. The first-order valence-electron chi connectivity index (χ1n) is 21.4. The van der Waals surface area contributed by atoms with Crippen LogP contribution in [-0.4, -0.2) is 4.92 Å². The number of nitrogens with zero attached hydrogens (tertiary/aromatic N) is 2. The van der Waals surface area contributed by atoms with Gasteiger partial charge in [-0.05, 0) is 89.9 Å². The number of hydrogen-bond acceptors (Lipinski definition) is 3. The van der Waals surface area contributed by atoms with Crippen LogP contribution in [0.25, 0.3) is 11.1 Å². The zero-order valence-electron chi connectivity index (χ0n) is 33.2. The number of anilines is 3. The Labute approximate surface area is 321 Å². The van der Waals surface area contributed by atoms with E-state index in [2.05, 4.69) is 86.3 Å². The summed E-state index contributed by atoms with van der Waals surface area (Å²) in [6.45, 7) is 6.90. The third-order valence-electron chi connectivity index (χ3n) is 11.7. The van der Waals surface area contributed by atoms with Crippen molar-refractivity contribution < 1.29 is 4.92 Å². The number of para-hydroxylation sites is 1. The van der Waals surface area contributed by atoms with Crippen LogP contribution in [0.1, 0.15) is 166 Å². The molecule has 0 bridgehead atoms. The molecule has 0 heterocycles. The molecular formula is C49H66N2O2. The van der Waals surface area contributed by atoms with Crippen molar-refractivity contribution in [3.05, 3.63) is 118 Å². The molecule has 0 N–H and O–H groups in total. The van der Waals surface area contributed by atoms with Crippen molar-refractivity contribution in [2.24, 2.45) is 0 Å². The zero-order valence-corrected chi connectivity index (χ0v) is 33.2. The topological polar surface area (TPSA) is 46.4 Å². The van der Waals surface area contributed by atoms with Crippen LogP contribution in [0, 0.1) is 10.1 Å². The van der Waals surface area contributed by atoms with Gasteiger partial charge < -0.3 is 4.90 Å². The Bertz CT molecular complexity index is 1660. The predicted molar refractivity (Wildman–Crippen MR) is 227 cm³/mol. The summed E-state index contributed by atoms with van der Waals surface area (Å²) in [6, 6.07) is 32.1. The lowest BCUT2D eigenvalue weighted by atomic mass is 9.70. The molecule has 53 heavy (non-hydrogen) atoms. The van der Waals surface area contributed by atoms with Crippen molar-refractivity contribution >= 4 is 22.7 Å². The lowest BCUT2D eigenvalue weighted by Gasteiger charge is -2.34. The maximum Gasteiger partial charge on any atom is 0.269 e. The molecule has 0 atom stereocenters. The molecule has 4 aromatic rings. The highest BCUT2D eigenvalue weighted by atomic mass is 16.6. The molecule has 0 amide bonds. The summed E-state index contributed by atoms with van der Waals surface area (Å²) in [5, 5.41) is 11.6. The van der Waals surface area contributed by atoms with Gasteiger partial charge in [-0.2, -0.15) is 0 Å². The Kier molecular flexibility index (Phi) is 16.0. The lowest BCUT2D eigenvalue weighted by molar-refractivity contribution is -0.384. The minimum Gasteiger partial charge on any atom is -0.310 e. The van der Waals surface area contributed by atoms with Gasteiger partial charge in [-0.25, -0.2) is 0 Å². The van der Waals surface area contributed by atoms with Crippen molar-refractivity contribution in [2.45, 2.75) is 161 Å². The van der Waals surface area contributed by atoms with E-state index in [9.17, 15) is 10.1 Å². The highest BCUT2D eigenvalue weighted by molar-refractivity contribution is 5.86. The maximum absolute atomic E-state index is 11.6. The van der Waals surface area contributed by atoms with E-state index in [1.54, 1.807) is 17.7 Å². The van der Waals surface area contributed by atoms with Gasteiger partial charge in [0.2, 0.25) is 0 Å². The predicted octanol–water partition coefficient (Wildman–Crippen LogP) is 15.7. The number of rotatable bonds is 25. The summed E-state index contributed by atoms with van der Waals surface area (Å²) >= 11 is 0. The molecule has 4 nitrogen and oxygen atoms in total. The lowest BCUT2D eigenvalue weighted by Crippen LogP contribution is -2.26. The van der Waals surface area contributed by atoms with Crippen LogP contribution in [0.3, 0.4) is 0 Å².